The fraction of sp³-hybridized carbons (Fsp3) is 0.350. The third-order valence-electron chi connectivity index (χ3n) is 4.07. The van der Waals surface area contributed by atoms with Gasteiger partial charge in [0.2, 0.25) is 0 Å². The summed E-state index contributed by atoms with van der Waals surface area (Å²) in [6.45, 7) is 1.87. The Hall–Kier alpha value is -2.73. The van der Waals surface area contributed by atoms with Gasteiger partial charge in [-0.3, -0.25) is 0 Å². The summed E-state index contributed by atoms with van der Waals surface area (Å²) in [7, 11) is 3.08. The molecule has 6 nitrogen and oxygen atoms in total. The van der Waals surface area contributed by atoms with Gasteiger partial charge in [0, 0.05) is 18.3 Å². The number of amides is 2. The van der Waals surface area contributed by atoms with E-state index in [4.69, 9.17) is 9.47 Å². The highest BCUT2D eigenvalue weighted by molar-refractivity contribution is 5.89. The van der Waals surface area contributed by atoms with Crippen molar-refractivity contribution in [2.75, 3.05) is 26.1 Å². The first kappa shape index (κ1) is 19.6. The summed E-state index contributed by atoms with van der Waals surface area (Å²) < 4.78 is 10.4. The van der Waals surface area contributed by atoms with Gasteiger partial charge < -0.3 is 25.2 Å². The lowest BCUT2D eigenvalue weighted by Gasteiger charge is -2.24. The first-order valence-electron chi connectivity index (χ1n) is 8.47. The third-order valence-corrected chi connectivity index (χ3v) is 4.07. The molecule has 2 aromatic rings. The minimum Gasteiger partial charge on any atom is -0.493 e. The summed E-state index contributed by atoms with van der Waals surface area (Å²) in [6.07, 6.45) is 1.29. The fourth-order valence-electron chi connectivity index (χ4n) is 2.51. The number of carbonyl (C=O) groups is 1. The summed E-state index contributed by atoms with van der Waals surface area (Å²) >= 11 is 0. The monoisotopic (exact) mass is 358 g/mol. The van der Waals surface area contributed by atoms with E-state index in [2.05, 4.69) is 10.6 Å². The molecule has 0 bridgehead atoms. The first-order valence-corrected chi connectivity index (χ1v) is 8.47. The van der Waals surface area contributed by atoms with Crippen molar-refractivity contribution in [1.29, 1.82) is 0 Å². The van der Waals surface area contributed by atoms with E-state index in [-0.39, 0.29) is 6.54 Å². The Balaban J connectivity index is 1.83. The predicted molar refractivity (Wildman–Crippen MR) is 102 cm³/mol. The number of anilines is 1. The number of carbonyl (C=O) groups excluding carboxylic acids is 1. The van der Waals surface area contributed by atoms with E-state index in [1.54, 1.807) is 32.2 Å². The molecule has 0 spiro atoms. The molecule has 1 atom stereocenters. The van der Waals surface area contributed by atoms with Gasteiger partial charge >= 0.3 is 6.03 Å². The quantitative estimate of drug-likeness (QED) is 0.677. The smallest absolute Gasteiger partial charge is 0.319 e. The van der Waals surface area contributed by atoms with Crippen molar-refractivity contribution in [3.8, 4) is 11.5 Å². The van der Waals surface area contributed by atoms with Crippen molar-refractivity contribution in [3.63, 3.8) is 0 Å². The molecule has 2 rings (SSSR count). The zero-order chi connectivity index (χ0) is 19.0. The van der Waals surface area contributed by atoms with Crippen LogP contribution in [0, 0.1) is 0 Å². The van der Waals surface area contributed by atoms with Gasteiger partial charge in [-0.2, -0.15) is 0 Å². The number of nitrogens with one attached hydrogen (secondary N) is 2. The molecule has 0 heterocycles. The van der Waals surface area contributed by atoms with Crippen molar-refractivity contribution < 1.29 is 19.4 Å². The average molecular weight is 358 g/mol. The van der Waals surface area contributed by atoms with Gasteiger partial charge in [-0.1, -0.05) is 30.3 Å². The van der Waals surface area contributed by atoms with Gasteiger partial charge in [0.25, 0.3) is 0 Å². The normalized spacial score (nSPS) is 12.8. The Bertz CT molecular complexity index is 717. The minimum absolute atomic E-state index is 0.152. The lowest BCUT2D eigenvalue weighted by Crippen LogP contribution is -2.42. The first-order chi connectivity index (χ1) is 12.4. The van der Waals surface area contributed by atoms with Crippen LogP contribution < -0.4 is 20.1 Å². The number of aryl methyl sites for hydroxylation is 1. The Morgan fingerprint density at radius 1 is 1.08 bits per heavy atom. The number of aliphatic hydroxyl groups is 1. The van der Waals surface area contributed by atoms with Crippen LogP contribution in [0.4, 0.5) is 10.5 Å². The number of urea groups is 1. The molecule has 0 aliphatic heterocycles. The highest BCUT2D eigenvalue weighted by atomic mass is 16.5. The van der Waals surface area contributed by atoms with Gasteiger partial charge in [-0.05, 0) is 37.5 Å². The van der Waals surface area contributed by atoms with Gasteiger partial charge in [-0.15, -0.1) is 0 Å². The Labute approximate surface area is 154 Å². The molecule has 0 aliphatic carbocycles. The maximum Gasteiger partial charge on any atom is 0.319 e. The number of ether oxygens (including phenoxy) is 2. The lowest BCUT2D eigenvalue weighted by molar-refractivity contribution is 0.0539. The summed E-state index contributed by atoms with van der Waals surface area (Å²) in [5, 5.41) is 15.9. The maximum atomic E-state index is 12.1. The Morgan fingerprint density at radius 2 is 1.77 bits per heavy atom. The molecule has 0 saturated carbocycles. The molecule has 0 radical (unpaired) electrons. The van der Waals surface area contributed by atoms with Crippen LogP contribution in [0.25, 0.3) is 0 Å². The predicted octanol–water partition coefficient (Wildman–Crippen LogP) is 3.21. The number of rotatable bonds is 8. The highest BCUT2D eigenvalue weighted by Gasteiger charge is 2.21. The second-order valence-corrected chi connectivity index (χ2v) is 6.36. The van der Waals surface area contributed by atoms with E-state index in [1.807, 2.05) is 30.3 Å². The molecule has 0 saturated heterocycles. The van der Waals surface area contributed by atoms with Gasteiger partial charge in [0.1, 0.15) is 0 Å². The van der Waals surface area contributed by atoms with Crippen LogP contribution in [-0.4, -0.2) is 37.5 Å². The van der Waals surface area contributed by atoms with Crippen LogP contribution >= 0.6 is 0 Å². The number of methoxy groups -OCH3 is 2. The van der Waals surface area contributed by atoms with E-state index in [9.17, 15) is 9.90 Å². The topological polar surface area (TPSA) is 79.8 Å². The SMILES string of the molecule is COc1ccc(NC(=O)NCC(C)(O)CCc2ccccc2)cc1OC. The number of hydrogen-bond acceptors (Lipinski definition) is 4. The molecule has 1 unspecified atom stereocenters. The molecular weight excluding hydrogens is 332 g/mol. The van der Waals surface area contributed by atoms with Crippen LogP contribution in [0.1, 0.15) is 18.9 Å². The zero-order valence-corrected chi connectivity index (χ0v) is 15.4. The second kappa shape index (κ2) is 9.10. The van der Waals surface area contributed by atoms with Crippen LogP contribution in [0.3, 0.4) is 0 Å². The van der Waals surface area contributed by atoms with Crippen LogP contribution in [-0.2, 0) is 6.42 Å². The van der Waals surface area contributed by atoms with Crippen LogP contribution in [0.5, 0.6) is 11.5 Å². The Morgan fingerprint density at radius 3 is 2.42 bits per heavy atom. The minimum atomic E-state index is -0.995. The van der Waals surface area contributed by atoms with E-state index in [1.165, 1.54) is 7.11 Å². The van der Waals surface area contributed by atoms with E-state index in [0.29, 0.717) is 23.6 Å². The highest BCUT2D eigenvalue weighted by Crippen LogP contribution is 2.29. The summed E-state index contributed by atoms with van der Waals surface area (Å²) in [5.74, 6) is 1.11. The summed E-state index contributed by atoms with van der Waals surface area (Å²) in [6, 6.07) is 14.7. The Kier molecular flexibility index (Phi) is 6.86. The lowest BCUT2D eigenvalue weighted by atomic mass is 9.97. The molecule has 26 heavy (non-hydrogen) atoms. The molecule has 2 amide bonds. The number of benzene rings is 2. The standard InChI is InChI=1S/C20H26N2O4/c1-20(24,12-11-15-7-5-4-6-8-15)14-21-19(23)22-16-9-10-17(25-2)18(13-16)26-3/h4-10,13,24H,11-12,14H2,1-3H3,(H2,21,22,23). The van der Waals surface area contributed by atoms with Crippen molar-refractivity contribution in [2.24, 2.45) is 0 Å². The molecular formula is C20H26N2O4. The average Bonchev–Trinajstić information content (AvgIpc) is 2.66. The van der Waals surface area contributed by atoms with Crippen molar-refractivity contribution in [1.82, 2.24) is 5.32 Å². The largest absolute Gasteiger partial charge is 0.493 e. The zero-order valence-electron chi connectivity index (χ0n) is 15.4. The van der Waals surface area contributed by atoms with E-state index >= 15 is 0 Å². The van der Waals surface area contributed by atoms with Crippen molar-refractivity contribution in [2.45, 2.75) is 25.4 Å². The maximum absolute atomic E-state index is 12.1. The summed E-state index contributed by atoms with van der Waals surface area (Å²) in [5.41, 5.74) is 0.733. The van der Waals surface area contributed by atoms with Gasteiger partial charge in [-0.25, -0.2) is 4.79 Å². The molecule has 0 aromatic heterocycles. The molecule has 2 aromatic carbocycles. The second-order valence-electron chi connectivity index (χ2n) is 6.36. The van der Waals surface area contributed by atoms with Crippen molar-refractivity contribution in [3.05, 3.63) is 54.1 Å². The summed E-state index contributed by atoms with van der Waals surface area (Å²) in [4.78, 5) is 12.1. The van der Waals surface area contributed by atoms with Gasteiger partial charge in [0.15, 0.2) is 11.5 Å². The fourth-order valence-corrected chi connectivity index (χ4v) is 2.51. The van der Waals surface area contributed by atoms with Gasteiger partial charge in [0.05, 0.1) is 19.8 Å². The molecule has 6 heteroatoms. The van der Waals surface area contributed by atoms with Crippen LogP contribution in [0.15, 0.2) is 48.5 Å². The molecule has 3 N–H and O–H groups in total. The van der Waals surface area contributed by atoms with Crippen molar-refractivity contribution >= 4 is 11.7 Å². The third kappa shape index (κ3) is 5.97. The van der Waals surface area contributed by atoms with E-state index < -0.39 is 11.6 Å². The molecule has 140 valence electrons. The number of hydrogen-bond donors (Lipinski definition) is 3. The molecule has 0 fully saturated rings. The molecule has 0 aliphatic rings. The van der Waals surface area contributed by atoms with E-state index in [0.717, 1.165) is 12.0 Å². The van der Waals surface area contributed by atoms with Crippen LogP contribution in [0.2, 0.25) is 0 Å².